The van der Waals surface area contributed by atoms with Crippen molar-refractivity contribution in [2.45, 2.75) is 187 Å². The second-order valence-corrected chi connectivity index (χ2v) is 14.8. The SMILES string of the molecule is CCCCC/C=C\CCCCCCCC(=O)OCC(COP(=O)(O)OCC(O)CO)OC(=O)CCCCCCC/C=C\CCCCCCCC. The zero-order valence-electron chi connectivity index (χ0n) is 31.6. The Balaban J connectivity index is 4.37. The van der Waals surface area contributed by atoms with Crippen LogP contribution in [0.25, 0.3) is 0 Å². The number of ether oxygens (including phenoxy) is 2. The van der Waals surface area contributed by atoms with E-state index >= 15 is 0 Å². The monoisotopic (exact) mass is 732 g/mol. The molecule has 0 aliphatic rings. The zero-order valence-corrected chi connectivity index (χ0v) is 32.5. The van der Waals surface area contributed by atoms with Crippen LogP contribution >= 0.6 is 7.82 Å². The second kappa shape index (κ2) is 35.8. The first-order valence-electron chi connectivity index (χ1n) is 19.8. The highest BCUT2D eigenvalue weighted by atomic mass is 31.2. The molecule has 0 rings (SSSR count). The maximum absolute atomic E-state index is 12.6. The van der Waals surface area contributed by atoms with Gasteiger partial charge < -0.3 is 24.6 Å². The van der Waals surface area contributed by atoms with Gasteiger partial charge in [-0.25, -0.2) is 4.57 Å². The van der Waals surface area contributed by atoms with Crippen LogP contribution in [-0.2, 0) is 32.7 Å². The van der Waals surface area contributed by atoms with Crippen molar-refractivity contribution in [1.82, 2.24) is 0 Å². The molecule has 0 aromatic rings. The molecule has 50 heavy (non-hydrogen) atoms. The minimum atomic E-state index is -4.61. The molecular formula is C39H73O10P. The smallest absolute Gasteiger partial charge is 0.462 e. The van der Waals surface area contributed by atoms with Gasteiger partial charge in [-0.3, -0.25) is 18.6 Å². The van der Waals surface area contributed by atoms with Crippen LogP contribution in [0.2, 0.25) is 0 Å². The third-order valence-corrected chi connectivity index (χ3v) is 9.28. The number of phosphoric ester groups is 1. The minimum absolute atomic E-state index is 0.174. The van der Waals surface area contributed by atoms with Crippen molar-refractivity contribution < 1.29 is 47.8 Å². The van der Waals surface area contributed by atoms with Crippen molar-refractivity contribution in [2.75, 3.05) is 26.4 Å². The fraction of sp³-hybridized carbons (Fsp3) is 0.846. The van der Waals surface area contributed by atoms with Crippen molar-refractivity contribution in [3.05, 3.63) is 24.3 Å². The molecule has 11 heteroatoms. The molecule has 294 valence electrons. The van der Waals surface area contributed by atoms with Crippen molar-refractivity contribution in [3.8, 4) is 0 Å². The van der Waals surface area contributed by atoms with Gasteiger partial charge in [-0.2, -0.15) is 0 Å². The number of hydrogen-bond donors (Lipinski definition) is 3. The topological polar surface area (TPSA) is 149 Å². The normalized spacial score (nSPS) is 14.3. The van der Waals surface area contributed by atoms with E-state index < -0.39 is 51.8 Å². The van der Waals surface area contributed by atoms with Crippen molar-refractivity contribution >= 4 is 19.8 Å². The second-order valence-electron chi connectivity index (χ2n) is 13.3. The van der Waals surface area contributed by atoms with E-state index in [-0.39, 0.29) is 19.4 Å². The molecule has 0 bridgehead atoms. The van der Waals surface area contributed by atoms with E-state index in [4.69, 9.17) is 19.1 Å². The maximum Gasteiger partial charge on any atom is 0.472 e. The summed E-state index contributed by atoms with van der Waals surface area (Å²) in [5, 5.41) is 18.3. The van der Waals surface area contributed by atoms with Gasteiger partial charge in [0.1, 0.15) is 12.7 Å². The van der Waals surface area contributed by atoms with Crippen LogP contribution < -0.4 is 0 Å². The lowest BCUT2D eigenvalue weighted by Crippen LogP contribution is -2.29. The van der Waals surface area contributed by atoms with Gasteiger partial charge in [0.15, 0.2) is 6.10 Å². The fourth-order valence-electron chi connectivity index (χ4n) is 5.22. The van der Waals surface area contributed by atoms with Crippen LogP contribution in [0.3, 0.4) is 0 Å². The molecule has 3 unspecified atom stereocenters. The Morgan fingerprint density at radius 2 is 0.980 bits per heavy atom. The van der Waals surface area contributed by atoms with Crippen LogP contribution in [0.5, 0.6) is 0 Å². The molecule has 0 saturated heterocycles. The van der Waals surface area contributed by atoms with E-state index in [1.54, 1.807) is 0 Å². The summed E-state index contributed by atoms with van der Waals surface area (Å²) >= 11 is 0. The highest BCUT2D eigenvalue weighted by Crippen LogP contribution is 2.43. The Labute approximate surface area is 304 Å². The number of rotatable bonds is 37. The van der Waals surface area contributed by atoms with Crippen LogP contribution in [0.15, 0.2) is 24.3 Å². The van der Waals surface area contributed by atoms with Crippen molar-refractivity contribution in [2.24, 2.45) is 0 Å². The third kappa shape index (κ3) is 34.9. The lowest BCUT2D eigenvalue weighted by atomic mass is 10.1. The van der Waals surface area contributed by atoms with Crippen LogP contribution in [0, 0.1) is 0 Å². The summed E-state index contributed by atoms with van der Waals surface area (Å²) in [6.07, 6.45) is 32.9. The van der Waals surface area contributed by atoms with E-state index in [0.717, 1.165) is 77.0 Å². The predicted octanol–water partition coefficient (Wildman–Crippen LogP) is 9.83. The average Bonchev–Trinajstić information content (AvgIpc) is 3.10. The lowest BCUT2D eigenvalue weighted by molar-refractivity contribution is -0.161. The molecule has 0 fully saturated rings. The number of esters is 2. The van der Waals surface area contributed by atoms with E-state index in [2.05, 4.69) is 42.7 Å². The third-order valence-electron chi connectivity index (χ3n) is 8.33. The molecule has 0 aliphatic carbocycles. The van der Waals surface area contributed by atoms with Gasteiger partial charge in [0.05, 0.1) is 19.8 Å². The van der Waals surface area contributed by atoms with Crippen molar-refractivity contribution in [3.63, 3.8) is 0 Å². The number of aliphatic hydroxyl groups is 2. The van der Waals surface area contributed by atoms with Crippen molar-refractivity contribution in [1.29, 1.82) is 0 Å². The first-order valence-corrected chi connectivity index (χ1v) is 21.3. The Bertz CT molecular complexity index is 894. The molecule has 0 aliphatic heterocycles. The summed E-state index contributed by atoms with van der Waals surface area (Å²) in [7, 11) is -4.61. The van der Waals surface area contributed by atoms with E-state index in [9.17, 15) is 24.2 Å². The average molecular weight is 733 g/mol. The van der Waals surface area contributed by atoms with E-state index in [1.807, 2.05) is 0 Å². The molecular weight excluding hydrogens is 659 g/mol. The van der Waals surface area contributed by atoms with Gasteiger partial charge in [-0.15, -0.1) is 0 Å². The molecule has 3 atom stereocenters. The molecule has 0 aromatic heterocycles. The molecule has 0 heterocycles. The summed E-state index contributed by atoms with van der Waals surface area (Å²) in [4.78, 5) is 34.8. The predicted molar refractivity (Wildman–Crippen MR) is 201 cm³/mol. The number of phosphoric acid groups is 1. The van der Waals surface area contributed by atoms with Crippen LogP contribution in [0.4, 0.5) is 0 Å². The molecule has 0 saturated carbocycles. The number of aliphatic hydroxyl groups excluding tert-OH is 2. The maximum atomic E-state index is 12.6. The van der Waals surface area contributed by atoms with E-state index in [1.165, 1.54) is 57.8 Å². The number of unbranched alkanes of at least 4 members (excludes halogenated alkanes) is 19. The molecule has 0 radical (unpaired) electrons. The standard InChI is InChI=1S/C39H73O10P/c1-3-5-7-9-11-13-15-17-18-19-21-23-25-27-29-31-39(43)49-37(35-48-50(44,45)47-33-36(41)32-40)34-46-38(42)30-28-26-24-22-20-16-14-12-10-8-6-4-2/h12,14,17-18,36-37,40-41H,3-11,13,15-16,19-35H2,1-2H3,(H,44,45)/b14-12-,18-17-. The summed E-state index contributed by atoms with van der Waals surface area (Å²) in [5.41, 5.74) is 0. The first kappa shape index (κ1) is 48.5. The lowest BCUT2D eigenvalue weighted by Gasteiger charge is -2.20. The summed E-state index contributed by atoms with van der Waals surface area (Å²) in [5.74, 6) is -0.944. The number of carbonyl (C=O) groups is 2. The highest BCUT2D eigenvalue weighted by Gasteiger charge is 2.27. The molecule has 0 aromatic carbocycles. The molecule has 3 N–H and O–H groups in total. The molecule has 0 spiro atoms. The van der Waals surface area contributed by atoms with Gasteiger partial charge in [0, 0.05) is 12.8 Å². The summed E-state index contributed by atoms with van der Waals surface area (Å²) in [6.45, 7) is 2.32. The van der Waals surface area contributed by atoms with Gasteiger partial charge in [0.2, 0.25) is 0 Å². The van der Waals surface area contributed by atoms with Crippen LogP contribution in [0.1, 0.15) is 174 Å². The summed E-state index contributed by atoms with van der Waals surface area (Å²) < 4.78 is 32.6. The Hall–Kier alpha value is -1.55. The van der Waals surface area contributed by atoms with Gasteiger partial charge in [-0.05, 0) is 64.2 Å². The number of allylic oxidation sites excluding steroid dienone is 4. The first-order chi connectivity index (χ1) is 24.2. The summed E-state index contributed by atoms with van der Waals surface area (Å²) in [6, 6.07) is 0. The van der Waals surface area contributed by atoms with E-state index in [0.29, 0.717) is 12.8 Å². The van der Waals surface area contributed by atoms with Gasteiger partial charge >= 0.3 is 19.8 Å². The number of carbonyl (C=O) groups excluding carboxylic acids is 2. The Kier molecular flexibility index (Phi) is 34.7. The molecule has 10 nitrogen and oxygen atoms in total. The highest BCUT2D eigenvalue weighted by molar-refractivity contribution is 7.47. The Morgan fingerprint density at radius 1 is 0.580 bits per heavy atom. The number of hydrogen-bond acceptors (Lipinski definition) is 9. The minimum Gasteiger partial charge on any atom is -0.462 e. The largest absolute Gasteiger partial charge is 0.472 e. The fourth-order valence-corrected chi connectivity index (χ4v) is 6.01. The van der Waals surface area contributed by atoms with Crippen LogP contribution in [-0.4, -0.2) is 65.7 Å². The molecule has 0 amide bonds. The van der Waals surface area contributed by atoms with Gasteiger partial charge in [0.25, 0.3) is 0 Å². The Morgan fingerprint density at radius 3 is 1.48 bits per heavy atom. The van der Waals surface area contributed by atoms with Gasteiger partial charge in [-0.1, -0.05) is 122 Å². The zero-order chi connectivity index (χ0) is 37.0. The quantitative estimate of drug-likeness (QED) is 0.0244.